The lowest BCUT2D eigenvalue weighted by Gasteiger charge is -2.34. The maximum atomic E-state index is 12.8. The lowest BCUT2D eigenvalue weighted by molar-refractivity contribution is -0.117. The fourth-order valence-electron chi connectivity index (χ4n) is 3.57. The Morgan fingerprint density at radius 3 is 2.50 bits per heavy atom. The number of anilines is 1. The minimum atomic E-state index is -0.0172. The fraction of sp³-hybridized carbons (Fsp3) is 0.417. The number of benzene rings is 2. The SMILES string of the molecule is CCCOc1cccc(C(=O)N2CCN(CC(=O)Nc3ccccc3CC)CC2)c1. The first-order valence-electron chi connectivity index (χ1n) is 10.7. The van der Waals surface area contributed by atoms with E-state index in [0.29, 0.717) is 44.9 Å². The number of hydrogen-bond donors (Lipinski definition) is 1. The van der Waals surface area contributed by atoms with Crippen molar-refractivity contribution in [1.29, 1.82) is 0 Å². The van der Waals surface area contributed by atoms with Gasteiger partial charge in [-0.15, -0.1) is 0 Å². The molecule has 2 aromatic carbocycles. The summed E-state index contributed by atoms with van der Waals surface area (Å²) in [4.78, 5) is 29.2. The number of aryl methyl sites for hydroxylation is 1. The number of amides is 2. The third-order valence-electron chi connectivity index (χ3n) is 5.25. The van der Waals surface area contributed by atoms with Gasteiger partial charge >= 0.3 is 0 Å². The van der Waals surface area contributed by atoms with Gasteiger partial charge in [-0.25, -0.2) is 0 Å². The van der Waals surface area contributed by atoms with E-state index in [0.717, 1.165) is 29.8 Å². The smallest absolute Gasteiger partial charge is 0.254 e. The zero-order chi connectivity index (χ0) is 21.3. The van der Waals surface area contributed by atoms with Gasteiger partial charge in [-0.1, -0.05) is 38.1 Å². The Morgan fingerprint density at radius 2 is 1.77 bits per heavy atom. The summed E-state index contributed by atoms with van der Waals surface area (Å²) in [6, 6.07) is 15.2. The lowest BCUT2D eigenvalue weighted by Crippen LogP contribution is -2.50. The summed E-state index contributed by atoms with van der Waals surface area (Å²) in [5, 5.41) is 3.02. The minimum absolute atomic E-state index is 0.0120. The summed E-state index contributed by atoms with van der Waals surface area (Å²) in [5.41, 5.74) is 2.65. The number of rotatable bonds is 8. The third kappa shape index (κ3) is 5.83. The Bertz CT molecular complexity index is 860. The molecule has 1 aliphatic rings. The highest BCUT2D eigenvalue weighted by Gasteiger charge is 2.23. The van der Waals surface area contributed by atoms with Crippen molar-refractivity contribution in [2.45, 2.75) is 26.7 Å². The molecule has 0 spiro atoms. The van der Waals surface area contributed by atoms with Crippen LogP contribution in [0.4, 0.5) is 5.69 Å². The van der Waals surface area contributed by atoms with Crippen molar-refractivity contribution >= 4 is 17.5 Å². The minimum Gasteiger partial charge on any atom is -0.494 e. The normalized spacial score (nSPS) is 14.4. The highest BCUT2D eigenvalue weighted by atomic mass is 16.5. The number of carbonyl (C=O) groups is 2. The van der Waals surface area contributed by atoms with Crippen LogP contribution in [0.5, 0.6) is 5.75 Å². The van der Waals surface area contributed by atoms with E-state index < -0.39 is 0 Å². The van der Waals surface area contributed by atoms with Crippen LogP contribution < -0.4 is 10.1 Å². The molecule has 1 N–H and O–H groups in total. The van der Waals surface area contributed by atoms with Gasteiger partial charge in [0.05, 0.1) is 13.2 Å². The second-order valence-corrected chi connectivity index (χ2v) is 7.50. The lowest BCUT2D eigenvalue weighted by atomic mass is 10.1. The van der Waals surface area contributed by atoms with Crippen LogP contribution in [0.1, 0.15) is 36.2 Å². The van der Waals surface area contributed by atoms with Crippen molar-refractivity contribution in [3.63, 3.8) is 0 Å². The van der Waals surface area contributed by atoms with E-state index in [-0.39, 0.29) is 11.8 Å². The van der Waals surface area contributed by atoms with E-state index in [2.05, 4.69) is 24.1 Å². The first-order valence-corrected chi connectivity index (χ1v) is 10.7. The predicted octanol–water partition coefficient (Wildman–Crippen LogP) is 3.43. The maximum absolute atomic E-state index is 12.8. The van der Waals surface area contributed by atoms with E-state index in [4.69, 9.17) is 4.74 Å². The molecule has 6 nitrogen and oxygen atoms in total. The molecular formula is C24H31N3O3. The molecule has 0 unspecified atom stereocenters. The van der Waals surface area contributed by atoms with E-state index >= 15 is 0 Å². The quantitative estimate of drug-likeness (QED) is 0.726. The topological polar surface area (TPSA) is 61.9 Å². The molecule has 0 aliphatic carbocycles. The van der Waals surface area contributed by atoms with Crippen LogP contribution in [-0.2, 0) is 11.2 Å². The highest BCUT2D eigenvalue weighted by molar-refractivity contribution is 5.95. The van der Waals surface area contributed by atoms with E-state index in [9.17, 15) is 9.59 Å². The van der Waals surface area contributed by atoms with Gasteiger partial charge < -0.3 is 15.0 Å². The molecule has 0 atom stereocenters. The summed E-state index contributed by atoms with van der Waals surface area (Å²) >= 11 is 0. The van der Waals surface area contributed by atoms with Crippen molar-refractivity contribution in [3.8, 4) is 5.75 Å². The monoisotopic (exact) mass is 409 g/mol. The molecule has 2 aromatic rings. The first-order chi connectivity index (χ1) is 14.6. The van der Waals surface area contributed by atoms with Crippen molar-refractivity contribution in [3.05, 3.63) is 59.7 Å². The van der Waals surface area contributed by atoms with Gasteiger partial charge in [0, 0.05) is 37.4 Å². The number of ether oxygens (including phenoxy) is 1. The van der Waals surface area contributed by atoms with Gasteiger partial charge in [0.15, 0.2) is 0 Å². The summed E-state index contributed by atoms with van der Waals surface area (Å²) in [7, 11) is 0. The van der Waals surface area contributed by atoms with Crippen molar-refractivity contribution in [1.82, 2.24) is 9.80 Å². The number of hydrogen-bond acceptors (Lipinski definition) is 4. The summed E-state index contributed by atoms with van der Waals surface area (Å²) < 4.78 is 5.64. The average Bonchev–Trinajstić information content (AvgIpc) is 2.78. The van der Waals surface area contributed by atoms with Crippen LogP contribution in [0.15, 0.2) is 48.5 Å². The molecule has 0 aromatic heterocycles. The van der Waals surface area contributed by atoms with Gasteiger partial charge in [0.2, 0.25) is 5.91 Å². The number of carbonyl (C=O) groups excluding carboxylic acids is 2. The molecule has 1 fully saturated rings. The summed E-state index contributed by atoms with van der Waals surface area (Å²) in [6.07, 6.45) is 1.81. The van der Waals surface area contributed by atoms with Crippen LogP contribution >= 0.6 is 0 Å². The van der Waals surface area contributed by atoms with Gasteiger partial charge in [0.1, 0.15) is 5.75 Å². The standard InChI is InChI=1S/C24H31N3O3/c1-3-16-30-21-10-7-9-20(17-21)24(29)27-14-12-26(13-15-27)18-23(28)25-22-11-6-5-8-19(22)4-2/h5-11,17H,3-4,12-16,18H2,1-2H3,(H,25,28). The van der Waals surface area contributed by atoms with Crippen LogP contribution in [-0.4, -0.2) is 60.9 Å². The number of para-hydroxylation sites is 1. The zero-order valence-corrected chi connectivity index (χ0v) is 17.9. The van der Waals surface area contributed by atoms with Crippen molar-refractivity contribution in [2.24, 2.45) is 0 Å². The van der Waals surface area contributed by atoms with Crippen LogP contribution in [0.2, 0.25) is 0 Å². The molecule has 1 aliphatic heterocycles. The van der Waals surface area contributed by atoms with E-state index in [1.54, 1.807) is 0 Å². The van der Waals surface area contributed by atoms with Gasteiger partial charge in [-0.2, -0.15) is 0 Å². The maximum Gasteiger partial charge on any atom is 0.254 e. The molecular weight excluding hydrogens is 378 g/mol. The highest BCUT2D eigenvalue weighted by Crippen LogP contribution is 2.17. The Morgan fingerprint density at radius 1 is 1.00 bits per heavy atom. The van der Waals surface area contributed by atoms with Gasteiger partial charge in [0.25, 0.3) is 5.91 Å². The van der Waals surface area contributed by atoms with Crippen LogP contribution in [0.3, 0.4) is 0 Å². The van der Waals surface area contributed by atoms with Gasteiger partial charge in [-0.3, -0.25) is 14.5 Å². The number of nitrogens with zero attached hydrogens (tertiary/aromatic N) is 2. The number of nitrogens with one attached hydrogen (secondary N) is 1. The van der Waals surface area contributed by atoms with E-state index in [1.807, 2.05) is 53.4 Å². The van der Waals surface area contributed by atoms with Crippen LogP contribution in [0.25, 0.3) is 0 Å². The molecule has 1 heterocycles. The van der Waals surface area contributed by atoms with Crippen molar-refractivity contribution < 1.29 is 14.3 Å². The molecule has 1 saturated heterocycles. The molecule has 160 valence electrons. The molecule has 0 radical (unpaired) electrons. The Labute approximate surface area is 178 Å². The second kappa shape index (κ2) is 10.8. The van der Waals surface area contributed by atoms with Gasteiger partial charge in [-0.05, 0) is 42.7 Å². The van der Waals surface area contributed by atoms with Crippen LogP contribution in [0, 0.1) is 0 Å². The molecule has 0 saturated carbocycles. The molecule has 30 heavy (non-hydrogen) atoms. The van der Waals surface area contributed by atoms with E-state index in [1.165, 1.54) is 0 Å². The van der Waals surface area contributed by atoms with Crippen molar-refractivity contribution in [2.75, 3.05) is 44.6 Å². The number of piperazine rings is 1. The zero-order valence-electron chi connectivity index (χ0n) is 17.9. The average molecular weight is 410 g/mol. The second-order valence-electron chi connectivity index (χ2n) is 7.50. The molecule has 0 bridgehead atoms. The summed E-state index contributed by atoms with van der Waals surface area (Å²) in [5.74, 6) is 0.722. The Kier molecular flexibility index (Phi) is 7.85. The molecule has 3 rings (SSSR count). The largest absolute Gasteiger partial charge is 0.494 e. The Balaban J connectivity index is 1.49. The first kappa shape index (κ1) is 21.8. The molecule has 2 amide bonds. The molecule has 6 heteroatoms. The third-order valence-corrected chi connectivity index (χ3v) is 5.25. The Hall–Kier alpha value is -2.86. The summed E-state index contributed by atoms with van der Waals surface area (Å²) in [6.45, 7) is 7.68. The fourth-order valence-corrected chi connectivity index (χ4v) is 3.57. The predicted molar refractivity (Wildman–Crippen MR) is 119 cm³/mol.